The number of methoxy groups -OCH3 is 1. The van der Waals surface area contributed by atoms with Gasteiger partial charge in [-0.05, 0) is 86.0 Å². The first-order valence-corrected chi connectivity index (χ1v) is 16.9. The van der Waals surface area contributed by atoms with Crippen molar-refractivity contribution in [2.45, 2.75) is 42.1 Å². The van der Waals surface area contributed by atoms with E-state index in [-0.39, 0.29) is 35.2 Å². The van der Waals surface area contributed by atoms with E-state index in [4.69, 9.17) is 14.2 Å². The van der Waals surface area contributed by atoms with Crippen molar-refractivity contribution in [3.05, 3.63) is 72.3 Å². The molecule has 1 unspecified atom stereocenters. The maximum Gasteiger partial charge on any atom is 0.264 e. The largest absolute Gasteiger partial charge is 0.497 e. The van der Waals surface area contributed by atoms with E-state index in [9.17, 15) is 21.6 Å². The summed E-state index contributed by atoms with van der Waals surface area (Å²) in [6.07, 6.45) is 1.67. The highest BCUT2D eigenvalue weighted by Crippen LogP contribution is 2.38. The number of ether oxygens (including phenoxy) is 3. The van der Waals surface area contributed by atoms with Crippen LogP contribution in [0.2, 0.25) is 0 Å². The number of hydrogen-bond acceptors (Lipinski definition) is 8. The lowest BCUT2D eigenvalue weighted by Crippen LogP contribution is -2.51. The molecule has 0 aliphatic carbocycles. The van der Waals surface area contributed by atoms with Crippen molar-refractivity contribution in [2.75, 3.05) is 44.2 Å². The van der Waals surface area contributed by atoms with Gasteiger partial charge in [-0.15, -0.1) is 0 Å². The van der Waals surface area contributed by atoms with E-state index < -0.39 is 32.1 Å². The Morgan fingerprint density at radius 3 is 2.16 bits per heavy atom. The van der Waals surface area contributed by atoms with Gasteiger partial charge < -0.3 is 19.5 Å². The van der Waals surface area contributed by atoms with Crippen LogP contribution in [0.15, 0.2) is 76.5 Å². The first-order valence-electron chi connectivity index (χ1n) is 14.0. The number of piperidine rings is 1. The van der Waals surface area contributed by atoms with Crippen LogP contribution in [-0.4, -0.2) is 73.0 Å². The number of anilines is 1. The molecule has 13 heteroatoms. The Balaban J connectivity index is 1.20. The normalized spacial score (nSPS) is 17.4. The maximum atomic E-state index is 13.7. The Morgan fingerprint density at radius 1 is 0.884 bits per heavy atom. The van der Waals surface area contributed by atoms with Crippen molar-refractivity contribution >= 4 is 31.6 Å². The first-order chi connectivity index (χ1) is 20.6. The quantitative estimate of drug-likeness (QED) is 0.338. The summed E-state index contributed by atoms with van der Waals surface area (Å²) in [5, 5.41) is 2.74. The van der Waals surface area contributed by atoms with Crippen LogP contribution >= 0.6 is 0 Å². The van der Waals surface area contributed by atoms with Gasteiger partial charge in [-0.3, -0.25) is 9.10 Å². The number of carbonyl (C=O) groups is 1. The van der Waals surface area contributed by atoms with E-state index in [1.165, 1.54) is 40.0 Å². The molecule has 2 heterocycles. The van der Waals surface area contributed by atoms with E-state index in [1.54, 1.807) is 42.5 Å². The molecule has 11 nitrogen and oxygen atoms in total. The summed E-state index contributed by atoms with van der Waals surface area (Å²) in [7, 11) is -6.05. The predicted molar refractivity (Wildman–Crippen MR) is 161 cm³/mol. The van der Waals surface area contributed by atoms with E-state index in [2.05, 4.69) is 5.32 Å². The molecular weight excluding hydrogens is 594 g/mol. The lowest BCUT2D eigenvalue weighted by molar-refractivity contribution is -0.127. The zero-order valence-corrected chi connectivity index (χ0v) is 25.7. The number of aryl methyl sites for hydroxylation is 1. The van der Waals surface area contributed by atoms with Crippen LogP contribution in [0, 0.1) is 6.92 Å². The Hall–Kier alpha value is -3.81. The van der Waals surface area contributed by atoms with E-state index in [0.29, 0.717) is 30.3 Å². The third-order valence-electron chi connectivity index (χ3n) is 7.37. The number of rotatable bonds is 10. The fourth-order valence-corrected chi connectivity index (χ4v) is 8.00. The molecule has 5 rings (SSSR count). The molecule has 43 heavy (non-hydrogen) atoms. The minimum atomic E-state index is -4.02. The number of nitrogens with zero attached hydrogens (tertiary/aromatic N) is 2. The molecule has 0 bridgehead atoms. The number of benzene rings is 3. The zero-order chi connectivity index (χ0) is 30.6. The maximum absolute atomic E-state index is 13.7. The van der Waals surface area contributed by atoms with Gasteiger partial charge in [-0.2, -0.15) is 4.31 Å². The number of amides is 1. The average molecular weight is 630 g/mol. The van der Waals surface area contributed by atoms with Crippen LogP contribution in [0.3, 0.4) is 0 Å². The highest BCUT2D eigenvalue weighted by Gasteiger charge is 2.37. The summed E-state index contributed by atoms with van der Waals surface area (Å²) in [4.78, 5) is 13.4. The van der Waals surface area contributed by atoms with Gasteiger partial charge >= 0.3 is 0 Å². The lowest BCUT2D eigenvalue weighted by atomic mass is 10.1. The summed E-state index contributed by atoms with van der Waals surface area (Å²) in [5.41, 5.74) is 1.20. The first kappa shape index (κ1) is 30.6. The molecule has 0 radical (unpaired) electrons. The van der Waals surface area contributed by atoms with E-state index in [1.807, 2.05) is 6.92 Å². The molecule has 2 aliphatic heterocycles. The van der Waals surface area contributed by atoms with Gasteiger partial charge in [0.2, 0.25) is 10.0 Å². The van der Waals surface area contributed by atoms with Gasteiger partial charge in [-0.1, -0.05) is 12.5 Å². The third kappa shape index (κ3) is 6.73. The molecule has 3 aromatic rings. The molecule has 0 spiro atoms. The van der Waals surface area contributed by atoms with Crippen LogP contribution in [-0.2, 0) is 24.8 Å². The summed E-state index contributed by atoms with van der Waals surface area (Å²) in [6, 6.07) is 17.4. The van der Waals surface area contributed by atoms with Gasteiger partial charge in [0.25, 0.3) is 15.9 Å². The van der Waals surface area contributed by atoms with Crippen molar-refractivity contribution in [2.24, 2.45) is 0 Å². The molecule has 0 aromatic heterocycles. The highest BCUT2D eigenvalue weighted by atomic mass is 32.2. The van der Waals surface area contributed by atoms with Gasteiger partial charge in [-0.25, -0.2) is 16.8 Å². The summed E-state index contributed by atoms with van der Waals surface area (Å²) >= 11 is 0. The van der Waals surface area contributed by atoms with Crippen LogP contribution in [0.4, 0.5) is 5.69 Å². The van der Waals surface area contributed by atoms with Gasteiger partial charge in [0.05, 0.1) is 35.7 Å². The van der Waals surface area contributed by atoms with Gasteiger partial charge in [0, 0.05) is 13.1 Å². The van der Waals surface area contributed by atoms with Crippen molar-refractivity contribution in [1.82, 2.24) is 9.62 Å². The molecule has 3 aromatic carbocycles. The minimum Gasteiger partial charge on any atom is -0.497 e. The number of sulfonamides is 2. The highest BCUT2D eigenvalue weighted by molar-refractivity contribution is 7.92. The van der Waals surface area contributed by atoms with Crippen molar-refractivity contribution in [3.8, 4) is 17.2 Å². The SMILES string of the molecule is COc1ccc(S(=O)(=O)N2CC(C(=O)NCCOc3ccc(S(=O)(=O)N4CCCCC4)cc3)Oc3ccc(C)cc32)cc1. The smallest absolute Gasteiger partial charge is 0.264 e. The summed E-state index contributed by atoms with van der Waals surface area (Å²) < 4.78 is 72.5. The predicted octanol–water partition coefficient (Wildman–Crippen LogP) is 3.33. The van der Waals surface area contributed by atoms with E-state index in [0.717, 1.165) is 24.8 Å². The molecule has 230 valence electrons. The van der Waals surface area contributed by atoms with Gasteiger partial charge in [0.15, 0.2) is 6.10 Å². The molecule has 2 aliphatic rings. The zero-order valence-electron chi connectivity index (χ0n) is 24.1. The van der Waals surface area contributed by atoms with Crippen LogP contribution < -0.4 is 23.8 Å². The minimum absolute atomic E-state index is 0.0601. The Morgan fingerprint density at radius 2 is 1.51 bits per heavy atom. The Kier molecular flexibility index (Phi) is 9.13. The lowest BCUT2D eigenvalue weighted by Gasteiger charge is -2.35. The van der Waals surface area contributed by atoms with Crippen molar-refractivity contribution in [3.63, 3.8) is 0 Å². The topological polar surface area (TPSA) is 132 Å². The second-order valence-electron chi connectivity index (χ2n) is 10.4. The van der Waals surface area contributed by atoms with Gasteiger partial charge in [0.1, 0.15) is 23.9 Å². The third-order valence-corrected chi connectivity index (χ3v) is 11.1. The number of hydrogen-bond donors (Lipinski definition) is 1. The summed E-state index contributed by atoms with van der Waals surface area (Å²) in [5.74, 6) is 0.773. The molecule has 1 fully saturated rings. The van der Waals surface area contributed by atoms with Crippen LogP contribution in [0.1, 0.15) is 24.8 Å². The van der Waals surface area contributed by atoms with Crippen molar-refractivity contribution < 1.29 is 35.8 Å². The molecule has 1 saturated heterocycles. The Labute approximate surface area is 252 Å². The Bertz CT molecular complexity index is 1650. The number of nitrogens with one attached hydrogen (secondary N) is 1. The number of fused-ring (bicyclic) bond motifs is 1. The fraction of sp³-hybridized carbons (Fsp3) is 0.367. The molecule has 1 N–H and O–H groups in total. The number of carbonyl (C=O) groups excluding carboxylic acids is 1. The van der Waals surface area contributed by atoms with E-state index >= 15 is 0 Å². The average Bonchev–Trinajstić information content (AvgIpc) is 3.03. The molecule has 1 amide bonds. The summed E-state index contributed by atoms with van der Waals surface area (Å²) in [6.45, 7) is 2.92. The monoisotopic (exact) mass is 629 g/mol. The second-order valence-corrected chi connectivity index (χ2v) is 14.2. The van der Waals surface area contributed by atoms with Crippen LogP contribution in [0.25, 0.3) is 0 Å². The fourth-order valence-electron chi connectivity index (χ4n) is 5.02. The molecule has 0 saturated carbocycles. The standard InChI is InChI=1S/C30H35N3O8S2/c1-22-6-15-28-27(20-22)33(43(37,38)26-11-7-23(39-2)8-12-26)21-29(41-28)30(34)31-16-19-40-24-9-13-25(14-10-24)42(35,36)32-17-4-3-5-18-32/h6-15,20,29H,3-5,16-19,21H2,1-2H3,(H,31,34). The molecular formula is C30H35N3O8S2. The van der Waals surface area contributed by atoms with Crippen LogP contribution in [0.5, 0.6) is 17.2 Å². The molecule has 1 atom stereocenters. The van der Waals surface area contributed by atoms with Crippen molar-refractivity contribution in [1.29, 1.82) is 0 Å². The second kappa shape index (κ2) is 12.8.